The molecule has 3 heteroatoms. The number of fused-ring (bicyclic) bond motifs is 1. The zero-order valence-electron chi connectivity index (χ0n) is 8.00. The van der Waals surface area contributed by atoms with Crippen LogP contribution in [0.15, 0.2) is 18.2 Å². The molecule has 1 aromatic carbocycles. The highest BCUT2D eigenvalue weighted by Gasteiger charge is 2.13. The molecule has 14 heavy (non-hydrogen) atoms. The standard InChI is InChI=1S/C11H9FN2/c1-7-9(6-13)8-4-3-5-10(12)11(8)14(7)2/h3-5H,1-2H3. The summed E-state index contributed by atoms with van der Waals surface area (Å²) in [7, 11) is 1.77. The van der Waals surface area contributed by atoms with Gasteiger partial charge in [-0.15, -0.1) is 0 Å². The molecule has 0 aliphatic heterocycles. The maximum atomic E-state index is 13.4. The highest BCUT2D eigenvalue weighted by atomic mass is 19.1. The number of nitriles is 1. The van der Waals surface area contributed by atoms with Gasteiger partial charge in [-0.1, -0.05) is 12.1 Å². The average molecular weight is 188 g/mol. The molecule has 0 atom stereocenters. The molecule has 1 aromatic heterocycles. The lowest BCUT2D eigenvalue weighted by Gasteiger charge is -1.98. The summed E-state index contributed by atoms with van der Waals surface area (Å²) in [6.07, 6.45) is 0. The van der Waals surface area contributed by atoms with Crippen LogP contribution in [0.5, 0.6) is 0 Å². The van der Waals surface area contributed by atoms with E-state index in [2.05, 4.69) is 6.07 Å². The van der Waals surface area contributed by atoms with Crippen LogP contribution in [0.4, 0.5) is 4.39 Å². The van der Waals surface area contributed by atoms with E-state index < -0.39 is 0 Å². The Balaban J connectivity index is 3.05. The summed E-state index contributed by atoms with van der Waals surface area (Å²) < 4.78 is 15.2. The number of aryl methyl sites for hydroxylation is 1. The van der Waals surface area contributed by atoms with Gasteiger partial charge in [0.15, 0.2) is 0 Å². The van der Waals surface area contributed by atoms with Gasteiger partial charge in [0.1, 0.15) is 11.9 Å². The predicted octanol–water partition coefficient (Wildman–Crippen LogP) is 2.50. The Hall–Kier alpha value is -1.82. The van der Waals surface area contributed by atoms with Crippen molar-refractivity contribution in [2.24, 2.45) is 7.05 Å². The maximum Gasteiger partial charge on any atom is 0.147 e. The van der Waals surface area contributed by atoms with E-state index in [1.807, 2.05) is 6.92 Å². The van der Waals surface area contributed by atoms with Gasteiger partial charge in [-0.05, 0) is 13.0 Å². The van der Waals surface area contributed by atoms with E-state index in [-0.39, 0.29) is 5.82 Å². The number of rotatable bonds is 0. The van der Waals surface area contributed by atoms with Crippen molar-refractivity contribution in [1.82, 2.24) is 4.57 Å². The zero-order chi connectivity index (χ0) is 10.3. The van der Waals surface area contributed by atoms with Gasteiger partial charge in [0.2, 0.25) is 0 Å². The SMILES string of the molecule is Cc1c(C#N)c2cccc(F)c2n1C. The van der Waals surface area contributed by atoms with Crippen LogP contribution >= 0.6 is 0 Å². The second-order valence-corrected chi connectivity index (χ2v) is 3.27. The molecule has 0 unspecified atom stereocenters. The summed E-state index contributed by atoms with van der Waals surface area (Å²) in [5.41, 5.74) is 1.86. The first-order chi connectivity index (χ1) is 6.66. The van der Waals surface area contributed by atoms with Gasteiger partial charge in [0, 0.05) is 18.1 Å². The van der Waals surface area contributed by atoms with Crippen molar-refractivity contribution >= 4 is 10.9 Å². The molecule has 0 spiro atoms. The van der Waals surface area contributed by atoms with Crippen LogP contribution in [0.25, 0.3) is 10.9 Å². The number of halogens is 1. The lowest BCUT2D eigenvalue weighted by molar-refractivity contribution is 0.631. The fourth-order valence-corrected chi connectivity index (χ4v) is 1.73. The molecule has 0 bridgehead atoms. The fourth-order valence-electron chi connectivity index (χ4n) is 1.73. The van der Waals surface area contributed by atoms with E-state index in [0.717, 1.165) is 5.69 Å². The predicted molar refractivity (Wildman–Crippen MR) is 52.3 cm³/mol. The summed E-state index contributed by atoms with van der Waals surface area (Å²) >= 11 is 0. The van der Waals surface area contributed by atoms with E-state index in [1.54, 1.807) is 23.7 Å². The van der Waals surface area contributed by atoms with Crippen LogP contribution in [0.1, 0.15) is 11.3 Å². The highest BCUT2D eigenvalue weighted by Crippen LogP contribution is 2.25. The minimum Gasteiger partial charge on any atom is -0.344 e. The van der Waals surface area contributed by atoms with Crippen molar-refractivity contribution < 1.29 is 4.39 Å². The molecule has 0 saturated carbocycles. The third-order valence-corrected chi connectivity index (χ3v) is 2.57. The molecule has 2 aromatic rings. The van der Waals surface area contributed by atoms with E-state index in [1.165, 1.54) is 6.07 Å². The largest absolute Gasteiger partial charge is 0.344 e. The Morgan fingerprint density at radius 2 is 2.14 bits per heavy atom. The molecule has 70 valence electrons. The van der Waals surface area contributed by atoms with Crippen LogP contribution in [-0.4, -0.2) is 4.57 Å². The van der Waals surface area contributed by atoms with Gasteiger partial charge in [-0.25, -0.2) is 4.39 Å². The number of aromatic nitrogens is 1. The number of hydrogen-bond acceptors (Lipinski definition) is 1. The normalized spacial score (nSPS) is 10.4. The van der Waals surface area contributed by atoms with E-state index in [9.17, 15) is 4.39 Å². The first-order valence-electron chi connectivity index (χ1n) is 4.30. The van der Waals surface area contributed by atoms with Crippen LogP contribution in [-0.2, 0) is 7.05 Å². The maximum absolute atomic E-state index is 13.4. The second kappa shape index (κ2) is 2.85. The summed E-state index contributed by atoms with van der Waals surface area (Å²) in [5.74, 6) is -0.283. The smallest absolute Gasteiger partial charge is 0.147 e. The van der Waals surface area contributed by atoms with Gasteiger partial charge in [0.25, 0.3) is 0 Å². The van der Waals surface area contributed by atoms with Crippen LogP contribution in [0.3, 0.4) is 0 Å². The number of benzene rings is 1. The van der Waals surface area contributed by atoms with Gasteiger partial charge >= 0.3 is 0 Å². The van der Waals surface area contributed by atoms with Gasteiger partial charge in [0.05, 0.1) is 11.1 Å². The van der Waals surface area contributed by atoms with E-state index in [4.69, 9.17) is 5.26 Å². The van der Waals surface area contributed by atoms with Crippen molar-refractivity contribution in [3.63, 3.8) is 0 Å². The lowest BCUT2D eigenvalue weighted by atomic mass is 10.1. The molecule has 0 aliphatic rings. The van der Waals surface area contributed by atoms with Crippen molar-refractivity contribution in [3.05, 3.63) is 35.3 Å². The molecule has 0 radical (unpaired) electrons. The Labute approximate surface area is 81.2 Å². The van der Waals surface area contributed by atoms with Crippen molar-refractivity contribution in [2.45, 2.75) is 6.92 Å². The molecule has 0 aliphatic carbocycles. The van der Waals surface area contributed by atoms with Crippen LogP contribution in [0.2, 0.25) is 0 Å². The number of para-hydroxylation sites is 1. The molecular weight excluding hydrogens is 179 g/mol. The topological polar surface area (TPSA) is 28.7 Å². The Kier molecular flexibility index (Phi) is 1.78. The Bertz CT molecular complexity index is 546. The average Bonchev–Trinajstić information content (AvgIpc) is 2.41. The number of hydrogen-bond donors (Lipinski definition) is 0. The molecular formula is C11H9FN2. The summed E-state index contributed by atoms with van der Waals surface area (Å²) in [5, 5.41) is 9.62. The van der Waals surface area contributed by atoms with Crippen molar-refractivity contribution in [3.8, 4) is 6.07 Å². The molecule has 1 heterocycles. The van der Waals surface area contributed by atoms with Gasteiger partial charge < -0.3 is 4.57 Å². The van der Waals surface area contributed by atoms with E-state index in [0.29, 0.717) is 16.5 Å². The zero-order valence-corrected chi connectivity index (χ0v) is 8.00. The highest BCUT2D eigenvalue weighted by molar-refractivity contribution is 5.88. The molecule has 0 N–H and O–H groups in total. The summed E-state index contributed by atoms with van der Waals surface area (Å²) in [4.78, 5) is 0. The monoisotopic (exact) mass is 188 g/mol. The van der Waals surface area contributed by atoms with E-state index >= 15 is 0 Å². The molecule has 0 amide bonds. The fraction of sp³-hybridized carbons (Fsp3) is 0.182. The molecule has 2 rings (SSSR count). The number of nitrogens with zero attached hydrogens (tertiary/aromatic N) is 2. The summed E-state index contributed by atoms with van der Waals surface area (Å²) in [6, 6.07) is 6.90. The van der Waals surface area contributed by atoms with Crippen molar-refractivity contribution in [2.75, 3.05) is 0 Å². The third-order valence-electron chi connectivity index (χ3n) is 2.57. The minimum absolute atomic E-state index is 0.283. The molecule has 2 nitrogen and oxygen atoms in total. The minimum atomic E-state index is -0.283. The van der Waals surface area contributed by atoms with Crippen molar-refractivity contribution in [1.29, 1.82) is 5.26 Å². The van der Waals surface area contributed by atoms with Gasteiger partial charge in [-0.3, -0.25) is 0 Å². The van der Waals surface area contributed by atoms with Crippen LogP contribution in [0, 0.1) is 24.1 Å². The van der Waals surface area contributed by atoms with Crippen LogP contribution < -0.4 is 0 Å². The molecule has 0 saturated heterocycles. The molecule has 0 fully saturated rings. The quantitative estimate of drug-likeness (QED) is 0.624. The Morgan fingerprint density at radius 1 is 1.43 bits per heavy atom. The Morgan fingerprint density at radius 3 is 2.79 bits per heavy atom. The third kappa shape index (κ3) is 0.942. The van der Waals surface area contributed by atoms with Gasteiger partial charge in [-0.2, -0.15) is 5.26 Å². The lowest BCUT2D eigenvalue weighted by Crippen LogP contribution is -1.92. The summed E-state index contributed by atoms with van der Waals surface area (Å²) in [6.45, 7) is 1.82. The second-order valence-electron chi connectivity index (χ2n) is 3.27. The first kappa shape index (κ1) is 8.76. The first-order valence-corrected chi connectivity index (χ1v) is 4.30.